The van der Waals surface area contributed by atoms with Gasteiger partial charge in [0.2, 0.25) is 5.60 Å². The maximum atomic E-state index is 17.5. The number of allylic oxidation sites excluding steroid dienone is 4. The number of halogens is 2. The SMILES string of the molecule is C[C@@H]1C[C@H]2[C@@H]3C[C@H](F)C4=CC(=O)C=C[C@]4(C)[C@@]3(F)[C@@H](O)C[C@]2(C)[C@@]1(OC(=O)C1CCCCC1)C(=O)OCC#N. The number of fused-ring (bicyclic) bond motifs is 5. The molecule has 0 aromatic heterocycles. The number of carbonyl (C=O) groups excluding carboxylic acids is 3. The number of rotatable bonds is 4. The third-order valence-electron chi connectivity index (χ3n) is 10.9. The molecule has 0 amide bonds. The molecule has 4 fully saturated rings. The molecule has 5 aliphatic carbocycles. The second-order valence-electron chi connectivity index (χ2n) is 12.7. The van der Waals surface area contributed by atoms with E-state index in [2.05, 4.69) is 0 Å². The van der Waals surface area contributed by atoms with Crippen molar-refractivity contribution in [3.05, 3.63) is 23.8 Å². The van der Waals surface area contributed by atoms with Crippen LogP contribution in [0, 0.1) is 45.8 Å². The summed E-state index contributed by atoms with van der Waals surface area (Å²) in [5.74, 6) is -4.52. The van der Waals surface area contributed by atoms with E-state index >= 15 is 8.78 Å². The van der Waals surface area contributed by atoms with E-state index in [0.717, 1.165) is 25.3 Å². The van der Waals surface area contributed by atoms with Crippen molar-refractivity contribution in [3.8, 4) is 6.07 Å². The Balaban J connectivity index is 1.60. The van der Waals surface area contributed by atoms with E-state index in [4.69, 9.17) is 14.7 Å². The molecule has 0 heterocycles. The quantitative estimate of drug-likeness (QED) is 0.518. The highest BCUT2D eigenvalue weighted by molar-refractivity contribution is 6.01. The van der Waals surface area contributed by atoms with Gasteiger partial charge in [0.05, 0.1) is 12.0 Å². The van der Waals surface area contributed by atoms with E-state index in [-0.39, 0.29) is 30.8 Å². The van der Waals surface area contributed by atoms with Gasteiger partial charge in [0.15, 0.2) is 18.1 Å². The molecule has 9 atom stereocenters. The molecule has 0 saturated heterocycles. The number of esters is 2. The lowest BCUT2D eigenvalue weighted by Crippen LogP contribution is -2.71. The number of ether oxygens (including phenoxy) is 2. The first kappa shape index (κ1) is 27.9. The highest BCUT2D eigenvalue weighted by atomic mass is 19.1. The zero-order valence-corrected chi connectivity index (χ0v) is 22.8. The van der Waals surface area contributed by atoms with E-state index in [1.54, 1.807) is 19.9 Å². The van der Waals surface area contributed by atoms with Crippen LogP contribution in [0.15, 0.2) is 23.8 Å². The second-order valence-corrected chi connectivity index (χ2v) is 12.7. The third-order valence-corrected chi connectivity index (χ3v) is 10.9. The first-order valence-electron chi connectivity index (χ1n) is 14.1. The Bertz CT molecular complexity index is 1170. The Hall–Kier alpha value is -2.60. The molecule has 5 aliphatic rings. The van der Waals surface area contributed by atoms with Gasteiger partial charge in [0, 0.05) is 22.7 Å². The predicted octanol–water partition coefficient (Wildman–Crippen LogP) is 4.48. The van der Waals surface area contributed by atoms with Gasteiger partial charge in [-0.05, 0) is 62.7 Å². The van der Waals surface area contributed by atoms with Crippen LogP contribution in [0.1, 0.15) is 72.1 Å². The van der Waals surface area contributed by atoms with Gasteiger partial charge in [0.25, 0.3) is 0 Å². The molecule has 0 bridgehead atoms. The largest absolute Gasteiger partial charge is 0.447 e. The van der Waals surface area contributed by atoms with Crippen molar-refractivity contribution < 1.29 is 37.7 Å². The van der Waals surface area contributed by atoms with Gasteiger partial charge in [-0.1, -0.05) is 39.2 Å². The molecule has 0 aliphatic heterocycles. The lowest BCUT2D eigenvalue weighted by atomic mass is 9.44. The molecule has 212 valence electrons. The van der Waals surface area contributed by atoms with Crippen LogP contribution >= 0.6 is 0 Å². The van der Waals surface area contributed by atoms with Crippen LogP contribution in [0.5, 0.6) is 0 Å². The summed E-state index contributed by atoms with van der Waals surface area (Å²) in [7, 11) is 0. The van der Waals surface area contributed by atoms with Crippen molar-refractivity contribution in [2.45, 2.75) is 95.7 Å². The molecule has 0 spiro atoms. The summed E-state index contributed by atoms with van der Waals surface area (Å²) >= 11 is 0. The maximum Gasteiger partial charge on any atom is 0.352 e. The number of alkyl halides is 2. The van der Waals surface area contributed by atoms with E-state index in [0.29, 0.717) is 12.8 Å². The van der Waals surface area contributed by atoms with Gasteiger partial charge in [-0.3, -0.25) is 9.59 Å². The van der Waals surface area contributed by atoms with Gasteiger partial charge in [-0.15, -0.1) is 0 Å². The van der Waals surface area contributed by atoms with Crippen LogP contribution in [0.3, 0.4) is 0 Å². The Morgan fingerprint density at radius 1 is 1.18 bits per heavy atom. The summed E-state index contributed by atoms with van der Waals surface area (Å²) in [5, 5.41) is 20.7. The molecule has 7 nitrogen and oxygen atoms in total. The van der Waals surface area contributed by atoms with Crippen LogP contribution in [-0.4, -0.2) is 53.0 Å². The molecule has 0 aromatic rings. The normalized spacial score (nSPS) is 45.3. The van der Waals surface area contributed by atoms with Gasteiger partial charge in [0.1, 0.15) is 12.2 Å². The standard InChI is InChI=1S/C30H37F2NO6/c1-17-13-20-21-15-23(31)22-14-19(34)9-10-27(22,2)29(21,32)24(35)16-28(20,3)30(17,26(37)38-12-11-33)39-25(36)18-7-5-4-6-8-18/h9-10,14,17-18,20-21,23-24,35H,4-8,12-13,15-16H2,1-3H3/t17-,20+,21+,23+,24+,27+,28+,29+,30+/m1/s1. The minimum atomic E-state index is -2.32. The highest BCUT2D eigenvalue weighted by Gasteiger charge is 2.78. The minimum Gasteiger partial charge on any atom is -0.447 e. The summed E-state index contributed by atoms with van der Waals surface area (Å²) in [4.78, 5) is 39.4. The molecule has 0 unspecified atom stereocenters. The summed E-state index contributed by atoms with van der Waals surface area (Å²) in [6.07, 6.45) is 4.20. The lowest BCUT2D eigenvalue weighted by Gasteiger charge is -2.63. The topological polar surface area (TPSA) is 114 Å². The van der Waals surface area contributed by atoms with Gasteiger partial charge >= 0.3 is 11.9 Å². The fourth-order valence-corrected chi connectivity index (χ4v) is 9.00. The molecule has 4 saturated carbocycles. The summed E-state index contributed by atoms with van der Waals surface area (Å²) in [5.41, 5.74) is -7.01. The number of nitrogens with zero attached hydrogens (tertiary/aromatic N) is 1. The minimum absolute atomic E-state index is 0.0193. The van der Waals surface area contributed by atoms with Crippen molar-refractivity contribution in [3.63, 3.8) is 0 Å². The molecular formula is C30H37F2NO6. The summed E-state index contributed by atoms with van der Waals surface area (Å²) in [6.45, 7) is 4.40. The predicted molar refractivity (Wildman–Crippen MR) is 135 cm³/mol. The summed E-state index contributed by atoms with van der Waals surface area (Å²) < 4.78 is 44.7. The zero-order valence-electron chi connectivity index (χ0n) is 22.8. The number of hydrogen-bond donors (Lipinski definition) is 1. The van der Waals surface area contributed by atoms with E-state index in [9.17, 15) is 19.5 Å². The zero-order chi connectivity index (χ0) is 28.4. The Morgan fingerprint density at radius 3 is 2.54 bits per heavy atom. The van der Waals surface area contributed by atoms with Crippen LogP contribution in [0.4, 0.5) is 8.78 Å². The Labute approximate surface area is 227 Å². The number of carbonyl (C=O) groups is 3. The summed E-state index contributed by atoms with van der Waals surface area (Å²) in [6, 6.07) is 1.78. The molecular weight excluding hydrogens is 508 g/mol. The number of nitriles is 1. The van der Waals surface area contributed by atoms with Gasteiger partial charge in [-0.25, -0.2) is 13.6 Å². The Morgan fingerprint density at radius 2 is 1.87 bits per heavy atom. The Kier molecular flexibility index (Phi) is 6.81. The molecule has 0 radical (unpaired) electrons. The number of aliphatic hydroxyl groups excluding tert-OH is 1. The van der Waals surface area contributed by atoms with Crippen molar-refractivity contribution in [2.24, 2.45) is 34.5 Å². The van der Waals surface area contributed by atoms with E-state index in [1.807, 2.05) is 0 Å². The fourth-order valence-electron chi connectivity index (χ4n) is 9.00. The first-order valence-corrected chi connectivity index (χ1v) is 14.1. The molecule has 39 heavy (non-hydrogen) atoms. The van der Waals surface area contributed by atoms with Gasteiger partial charge in [-0.2, -0.15) is 5.26 Å². The average molecular weight is 546 g/mol. The first-order chi connectivity index (χ1) is 18.4. The maximum absolute atomic E-state index is 17.5. The van der Waals surface area contributed by atoms with E-state index < -0.39 is 76.5 Å². The number of aliphatic hydroxyl groups is 1. The average Bonchev–Trinajstić information content (AvgIpc) is 3.12. The molecule has 9 heteroatoms. The van der Waals surface area contributed by atoms with Crippen LogP contribution in [-0.2, 0) is 23.9 Å². The van der Waals surface area contributed by atoms with Crippen LogP contribution < -0.4 is 0 Å². The molecule has 0 aromatic carbocycles. The fraction of sp³-hybridized carbons (Fsp3) is 0.733. The monoisotopic (exact) mass is 545 g/mol. The van der Waals surface area contributed by atoms with Crippen LogP contribution in [0.2, 0.25) is 0 Å². The van der Waals surface area contributed by atoms with Crippen molar-refractivity contribution in [1.29, 1.82) is 5.26 Å². The smallest absolute Gasteiger partial charge is 0.352 e. The lowest BCUT2D eigenvalue weighted by molar-refractivity contribution is -0.240. The number of ketones is 1. The second kappa shape index (κ2) is 9.50. The van der Waals surface area contributed by atoms with Crippen LogP contribution in [0.25, 0.3) is 0 Å². The molecule has 1 N–H and O–H groups in total. The number of hydrogen-bond acceptors (Lipinski definition) is 7. The van der Waals surface area contributed by atoms with Crippen molar-refractivity contribution in [2.75, 3.05) is 6.61 Å². The van der Waals surface area contributed by atoms with E-state index in [1.165, 1.54) is 19.1 Å². The van der Waals surface area contributed by atoms with Crippen molar-refractivity contribution in [1.82, 2.24) is 0 Å². The van der Waals surface area contributed by atoms with Crippen molar-refractivity contribution >= 4 is 17.7 Å². The third kappa shape index (κ3) is 3.69. The molecule has 5 rings (SSSR count). The highest BCUT2D eigenvalue weighted by Crippen LogP contribution is 2.71. The van der Waals surface area contributed by atoms with Gasteiger partial charge < -0.3 is 14.6 Å².